The Balaban J connectivity index is 2.13. The molecule has 6 heteroatoms. The first-order valence-corrected chi connectivity index (χ1v) is 6.06. The summed E-state index contributed by atoms with van der Waals surface area (Å²) in [6.45, 7) is 3.82. The molecule has 0 saturated carbocycles. The number of rotatable bonds is 4. The van der Waals surface area contributed by atoms with Crippen molar-refractivity contribution in [3.8, 4) is 11.5 Å². The Morgan fingerprint density at radius 2 is 2.05 bits per heavy atom. The first-order valence-electron chi connectivity index (χ1n) is 6.06. The van der Waals surface area contributed by atoms with Crippen LogP contribution in [-0.2, 0) is 20.8 Å². The second-order valence-electron chi connectivity index (χ2n) is 5.16. The highest BCUT2D eigenvalue weighted by Crippen LogP contribution is 2.41. The Kier molecular flexibility index (Phi) is 3.48. The van der Waals surface area contributed by atoms with Crippen LogP contribution in [0.25, 0.3) is 0 Å². The van der Waals surface area contributed by atoms with E-state index in [1.165, 1.54) is 0 Å². The SMILES string of the molecule is CC1(C)Cc2cccc(OC(=O)CC(=O)C(=O)O)c2O1. The second-order valence-corrected chi connectivity index (χ2v) is 5.16. The Hall–Kier alpha value is -2.37. The molecule has 0 amide bonds. The molecule has 106 valence electrons. The summed E-state index contributed by atoms with van der Waals surface area (Å²) in [5, 5.41) is 8.44. The standard InChI is InChI=1S/C14H14O6/c1-14(2)7-8-4-3-5-10(12(8)20-14)19-11(16)6-9(15)13(17)18/h3-5H,6-7H2,1-2H3,(H,17,18). The van der Waals surface area contributed by atoms with Gasteiger partial charge >= 0.3 is 11.9 Å². The van der Waals surface area contributed by atoms with Gasteiger partial charge in [-0.1, -0.05) is 12.1 Å². The minimum Gasteiger partial charge on any atom is -0.483 e. The van der Waals surface area contributed by atoms with E-state index >= 15 is 0 Å². The Morgan fingerprint density at radius 3 is 2.70 bits per heavy atom. The molecule has 1 aromatic carbocycles. The van der Waals surface area contributed by atoms with Crippen molar-refractivity contribution in [1.29, 1.82) is 0 Å². The van der Waals surface area contributed by atoms with Crippen molar-refractivity contribution in [2.45, 2.75) is 32.3 Å². The molecule has 0 unspecified atom stereocenters. The molecule has 20 heavy (non-hydrogen) atoms. The summed E-state index contributed by atoms with van der Waals surface area (Å²) in [6.07, 6.45) is -0.121. The average molecular weight is 278 g/mol. The fourth-order valence-electron chi connectivity index (χ4n) is 2.03. The quantitative estimate of drug-likeness (QED) is 0.387. The fraction of sp³-hybridized carbons (Fsp3) is 0.357. The van der Waals surface area contributed by atoms with Gasteiger partial charge in [0.1, 0.15) is 12.0 Å². The number of Topliss-reactive ketones (excluding diaryl/α,β-unsaturated/α-hetero) is 1. The largest absolute Gasteiger partial charge is 0.483 e. The number of carbonyl (C=O) groups is 3. The monoisotopic (exact) mass is 278 g/mol. The highest BCUT2D eigenvalue weighted by atomic mass is 16.6. The van der Waals surface area contributed by atoms with Crippen molar-refractivity contribution in [3.63, 3.8) is 0 Å². The van der Waals surface area contributed by atoms with Crippen LogP contribution in [0.4, 0.5) is 0 Å². The number of ketones is 1. The van der Waals surface area contributed by atoms with Crippen molar-refractivity contribution in [3.05, 3.63) is 23.8 Å². The first kappa shape index (κ1) is 14.0. The van der Waals surface area contributed by atoms with Gasteiger partial charge in [0.25, 0.3) is 5.78 Å². The molecule has 1 aromatic rings. The molecule has 0 aliphatic carbocycles. The summed E-state index contributed by atoms with van der Waals surface area (Å²) in [4.78, 5) is 32.9. The third-order valence-corrected chi connectivity index (χ3v) is 2.82. The van der Waals surface area contributed by atoms with Gasteiger partial charge in [-0.2, -0.15) is 0 Å². The van der Waals surface area contributed by atoms with Gasteiger partial charge in [-0.05, 0) is 19.9 Å². The van der Waals surface area contributed by atoms with E-state index in [9.17, 15) is 14.4 Å². The third kappa shape index (κ3) is 2.96. The van der Waals surface area contributed by atoms with Crippen molar-refractivity contribution < 1.29 is 29.0 Å². The number of para-hydroxylation sites is 1. The lowest BCUT2D eigenvalue weighted by Gasteiger charge is -2.17. The van der Waals surface area contributed by atoms with E-state index in [2.05, 4.69) is 0 Å². The normalized spacial score (nSPS) is 15.1. The average Bonchev–Trinajstić information content (AvgIpc) is 2.64. The summed E-state index contributed by atoms with van der Waals surface area (Å²) < 4.78 is 10.7. The number of aliphatic carboxylic acids is 1. The lowest BCUT2D eigenvalue weighted by Crippen LogP contribution is -2.25. The van der Waals surface area contributed by atoms with E-state index in [1.54, 1.807) is 12.1 Å². The number of hydrogen-bond donors (Lipinski definition) is 1. The minimum atomic E-state index is -1.65. The van der Waals surface area contributed by atoms with Crippen LogP contribution < -0.4 is 9.47 Å². The summed E-state index contributed by atoms with van der Waals surface area (Å²) >= 11 is 0. The van der Waals surface area contributed by atoms with Crippen LogP contribution in [0.5, 0.6) is 11.5 Å². The van der Waals surface area contributed by atoms with Crippen LogP contribution in [0, 0.1) is 0 Å². The zero-order valence-corrected chi connectivity index (χ0v) is 11.1. The van der Waals surface area contributed by atoms with Crippen LogP contribution >= 0.6 is 0 Å². The highest BCUT2D eigenvalue weighted by molar-refractivity contribution is 6.35. The van der Waals surface area contributed by atoms with Gasteiger partial charge in [0.15, 0.2) is 11.5 Å². The molecule has 0 fully saturated rings. The number of benzene rings is 1. The van der Waals surface area contributed by atoms with Crippen LogP contribution in [0.2, 0.25) is 0 Å². The second kappa shape index (κ2) is 4.96. The van der Waals surface area contributed by atoms with Gasteiger partial charge in [0.2, 0.25) is 0 Å². The van der Waals surface area contributed by atoms with Crippen molar-refractivity contribution in [2.75, 3.05) is 0 Å². The smallest absolute Gasteiger partial charge is 0.372 e. The zero-order valence-electron chi connectivity index (χ0n) is 11.1. The summed E-state index contributed by atoms with van der Waals surface area (Å²) in [7, 11) is 0. The molecule has 1 aliphatic rings. The molecule has 0 saturated heterocycles. The molecule has 0 atom stereocenters. The van der Waals surface area contributed by atoms with Crippen LogP contribution in [0.1, 0.15) is 25.8 Å². The van der Waals surface area contributed by atoms with E-state index in [0.29, 0.717) is 12.2 Å². The maximum absolute atomic E-state index is 11.5. The lowest BCUT2D eigenvalue weighted by atomic mass is 10.0. The zero-order chi connectivity index (χ0) is 14.9. The third-order valence-electron chi connectivity index (χ3n) is 2.82. The van der Waals surface area contributed by atoms with Crippen molar-refractivity contribution in [1.82, 2.24) is 0 Å². The van der Waals surface area contributed by atoms with Crippen LogP contribution in [0.3, 0.4) is 0 Å². The molecule has 0 radical (unpaired) electrons. The molecule has 0 spiro atoms. The molecule has 1 aliphatic heterocycles. The number of hydrogen-bond acceptors (Lipinski definition) is 5. The number of ether oxygens (including phenoxy) is 2. The topological polar surface area (TPSA) is 89.9 Å². The van der Waals surface area contributed by atoms with Crippen LogP contribution in [-0.4, -0.2) is 28.4 Å². The van der Waals surface area contributed by atoms with E-state index in [1.807, 2.05) is 19.9 Å². The molecule has 1 heterocycles. The molecule has 2 rings (SSSR count). The van der Waals surface area contributed by atoms with Gasteiger partial charge in [0.05, 0.1) is 0 Å². The van der Waals surface area contributed by atoms with E-state index < -0.39 is 24.1 Å². The molecule has 6 nitrogen and oxygen atoms in total. The minimum absolute atomic E-state index is 0.205. The van der Waals surface area contributed by atoms with Crippen molar-refractivity contribution >= 4 is 17.7 Å². The van der Waals surface area contributed by atoms with Gasteiger partial charge in [-0.15, -0.1) is 0 Å². The van der Waals surface area contributed by atoms with E-state index in [-0.39, 0.29) is 11.4 Å². The number of carboxylic acids is 1. The Bertz CT molecular complexity index is 587. The number of carbonyl (C=O) groups excluding carboxylic acids is 2. The highest BCUT2D eigenvalue weighted by Gasteiger charge is 2.33. The number of carboxylic acid groups (broad SMARTS) is 1. The number of fused-ring (bicyclic) bond motifs is 1. The first-order chi connectivity index (χ1) is 9.28. The van der Waals surface area contributed by atoms with Gasteiger partial charge < -0.3 is 14.6 Å². The predicted molar refractivity (Wildman–Crippen MR) is 67.7 cm³/mol. The lowest BCUT2D eigenvalue weighted by molar-refractivity contribution is -0.152. The van der Waals surface area contributed by atoms with Gasteiger partial charge in [-0.25, -0.2) is 4.79 Å². The molecule has 1 N–H and O–H groups in total. The van der Waals surface area contributed by atoms with Crippen LogP contribution in [0.15, 0.2) is 18.2 Å². The summed E-state index contributed by atoms with van der Waals surface area (Å²) in [5.41, 5.74) is 0.520. The summed E-state index contributed by atoms with van der Waals surface area (Å²) in [5.74, 6) is -3.11. The molecule has 0 bridgehead atoms. The Morgan fingerprint density at radius 1 is 1.35 bits per heavy atom. The predicted octanol–water partition coefficient (Wildman–Crippen LogP) is 1.35. The molecular formula is C14H14O6. The maximum Gasteiger partial charge on any atom is 0.372 e. The number of esters is 1. The fourth-order valence-corrected chi connectivity index (χ4v) is 2.03. The molecular weight excluding hydrogens is 264 g/mol. The molecule has 0 aromatic heterocycles. The van der Waals surface area contributed by atoms with E-state index in [0.717, 1.165) is 5.56 Å². The Labute approximate surface area is 115 Å². The maximum atomic E-state index is 11.5. The van der Waals surface area contributed by atoms with Crippen molar-refractivity contribution in [2.24, 2.45) is 0 Å². The van der Waals surface area contributed by atoms with Gasteiger partial charge in [0, 0.05) is 12.0 Å². The van der Waals surface area contributed by atoms with Gasteiger partial charge in [-0.3, -0.25) is 9.59 Å². The van der Waals surface area contributed by atoms with E-state index in [4.69, 9.17) is 14.6 Å². The summed E-state index contributed by atoms with van der Waals surface area (Å²) in [6, 6.07) is 5.12.